The molecule has 1 aromatic heterocycles. The molecule has 140 valence electrons. The summed E-state index contributed by atoms with van der Waals surface area (Å²) >= 11 is 5.94. The molecule has 0 bridgehead atoms. The predicted octanol–water partition coefficient (Wildman–Crippen LogP) is 5.55. The lowest BCUT2D eigenvalue weighted by Crippen LogP contribution is -2.14. The first kappa shape index (κ1) is 18.0. The maximum Gasteiger partial charge on any atom is 0.260 e. The van der Waals surface area contributed by atoms with Crippen molar-refractivity contribution in [1.82, 2.24) is 4.98 Å². The fourth-order valence-electron chi connectivity index (χ4n) is 2.85. The van der Waals surface area contributed by atoms with Gasteiger partial charge in [-0.05, 0) is 36.4 Å². The third-order valence-corrected chi connectivity index (χ3v) is 4.49. The zero-order valence-corrected chi connectivity index (χ0v) is 15.5. The van der Waals surface area contributed by atoms with Crippen molar-refractivity contribution in [1.29, 1.82) is 0 Å². The quantitative estimate of drug-likeness (QED) is 0.491. The smallest absolute Gasteiger partial charge is 0.260 e. The second-order valence-electron chi connectivity index (χ2n) is 5.95. The lowest BCUT2D eigenvalue weighted by atomic mass is 10.2. The number of carbonyl (C=O) groups is 1. The molecular weight excluding hydrogens is 383 g/mol. The van der Waals surface area contributed by atoms with Gasteiger partial charge in [0.25, 0.3) is 5.91 Å². The number of benzene rings is 3. The van der Waals surface area contributed by atoms with Crippen molar-refractivity contribution in [2.24, 2.45) is 0 Å². The molecule has 4 aromatic rings. The second kappa shape index (κ2) is 7.32. The number of rotatable bonds is 4. The number of hydrogen-bond donors (Lipinski definition) is 1. The van der Waals surface area contributed by atoms with Gasteiger partial charge < -0.3 is 14.5 Å². The zero-order chi connectivity index (χ0) is 19.7. The molecule has 1 N–H and O–H groups in total. The molecule has 0 spiro atoms. The average molecular weight is 397 g/mol. The van der Waals surface area contributed by atoms with Gasteiger partial charge in [0.05, 0.1) is 23.3 Å². The van der Waals surface area contributed by atoms with E-state index in [1.54, 1.807) is 25.3 Å². The summed E-state index contributed by atoms with van der Waals surface area (Å²) in [6, 6.07) is 16.4. The molecule has 0 aliphatic carbocycles. The molecular formula is C21H14ClFN2O3. The number of aromatic nitrogens is 1. The largest absolute Gasteiger partial charge is 0.496 e. The van der Waals surface area contributed by atoms with Gasteiger partial charge in [0.15, 0.2) is 5.58 Å². The summed E-state index contributed by atoms with van der Waals surface area (Å²) in [6.07, 6.45) is 0. The first-order chi connectivity index (χ1) is 13.6. The summed E-state index contributed by atoms with van der Waals surface area (Å²) in [5.41, 5.74) is 2.02. The standard InChI is InChI=1S/C21H14ClFN2O3/c1-27-17-8-3-2-5-13(17)21-25-16-10-9-12(11-18(16)28-21)24-20(26)19-14(22)6-4-7-15(19)23/h2-11H,1H3,(H,24,26). The molecule has 0 saturated heterocycles. The average Bonchev–Trinajstić information content (AvgIpc) is 3.11. The molecule has 0 radical (unpaired) electrons. The maximum absolute atomic E-state index is 13.9. The minimum atomic E-state index is -0.691. The number of anilines is 1. The molecule has 0 atom stereocenters. The number of para-hydroxylation sites is 1. The van der Waals surface area contributed by atoms with Crippen LogP contribution in [0.15, 0.2) is 65.1 Å². The lowest BCUT2D eigenvalue weighted by Gasteiger charge is -2.07. The summed E-state index contributed by atoms with van der Waals surface area (Å²) in [4.78, 5) is 16.9. The lowest BCUT2D eigenvalue weighted by molar-refractivity contribution is 0.102. The zero-order valence-electron chi connectivity index (χ0n) is 14.7. The van der Waals surface area contributed by atoms with Gasteiger partial charge in [-0.2, -0.15) is 0 Å². The van der Waals surface area contributed by atoms with Gasteiger partial charge in [0.2, 0.25) is 5.89 Å². The van der Waals surface area contributed by atoms with Crippen molar-refractivity contribution in [3.63, 3.8) is 0 Å². The highest BCUT2D eigenvalue weighted by Crippen LogP contribution is 2.32. The highest BCUT2D eigenvalue weighted by molar-refractivity contribution is 6.34. The Labute approximate surface area is 164 Å². The summed E-state index contributed by atoms with van der Waals surface area (Å²) in [7, 11) is 1.57. The van der Waals surface area contributed by atoms with Crippen LogP contribution >= 0.6 is 11.6 Å². The topological polar surface area (TPSA) is 64.4 Å². The Bertz CT molecular complexity index is 1170. The van der Waals surface area contributed by atoms with Crippen molar-refractivity contribution in [2.75, 3.05) is 12.4 Å². The van der Waals surface area contributed by atoms with E-state index >= 15 is 0 Å². The Morgan fingerprint density at radius 3 is 2.75 bits per heavy atom. The summed E-state index contributed by atoms with van der Waals surface area (Å²) < 4.78 is 25.1. The second-order valence-corrected chi connectivity index (χ2v) is 6.36. The molecule has 1 amide bonds. The van der Waals surface area contributed by atoms with Crippen molar-refractivity contribution in [3.05, 3.63) is 77.1 Å². The third kappa shape index (κ3) is 3.30. The number of fused-ring (bicyclic) bond motifs is 1. The maximum atomic E-state index is 13.9. The van der Waals surface area contributed by atoms with Gasteiger partial charge in [-0.1, -0.05) is 29.8 Å². The predicted molar refractivity (Wildman–Crippen MR) is 105 cm³/mol. The van der Waals surface area contributed by atoms with E-state index in [0.29, 0.717) is 34.0 Å². The van der Waals surface area contributed by atoms with Crippen molar-refractivity contribution < 1.29 is 18.3 Å². The molecule has 5 nitrogen and oxygen atoms in total. The molecule has 0 fully saturated rings. The van der Waals surface area contributed by atoms with Gasteiger partial charge in [-0.3, -0.25) is 4.79 Å². The molecule has 0 unspecified atom stereocenters. The van der Waals surface area contributed by atoms with Crippen LogP contribution in [0, 0.1) is 5.82 Å². The van der Waals surface area contributed by atoms with Crippen LogP contribution in [-0.2, 0) is 0 Å². The van der Waals surface area contributed by atoms with Crippen LogP contribution in [0.25, 0.3) is 22.6 Å². The van der Waals surface area contributed by atoms with Crippen molar-refractivity contribution >= 4 is 34.3 Å². The van der Waals surface area contributed by atoms with E-state index in [1.165, 1.54) is 18.2 Å². The number of methoxy groups -OCH3 is 1. The number of halogens is 2. The molecule has 4 rings (SSSR count). The molecule has 0 aliphatic rings. The first-order valence-corrected chi connectivity index (χ1v) is 8.74. The molecule has 3 aromatic carbocycles. The normalized spacial score (nSPS) is 10.8. The first-order valence-electron chi connectivity index (χ1n) is 8.36. The Morgan fingerprint density at radius 1 is 1.14 bits per heavy atom. The monoisotopic (exact) mass is 396 g/mol. The van der Waals surface area contributed by atoms with E-state index < -0.39 is 11.7 Å². The molecule has 1 heterocycles. The summed E-state index contributed by atoms with van der Waals surface area (Å²) in [5.74, 6) is -0.305. The van der Waals surface area contributed by atoms with E-state index in [9.17, 15) is 9.18 Å². The molecule has 0 saturated carbocycles. The minimum absolute atomic E-state index is 0.0386. The van der Waals surface area contributed by atoms with Crippen LogP contribution in [0.5, 0.6) is 5.75 Å². The molecule has 7 heteroatoms. The number of carbonyl (C=O) groups excluding carboxylic acids is 1. The number of oxazole rings is 1. The van der Waals surface area contributed by atoms with E-state index in [-0.39, 0.29) is 10.6 Å². The van der Waals surface area contributed by atoms with Gasteiger partial charge in [0.1, 0.15) is 17.1 Å². The third-order valence-electron chi connectivity index (χ3n) is 4.17. The SMILES string of the molecule is COc1ccccc1-c1nc2ccc(NC(=O)c3c(F)cccc3Cl)cc2o1. The van der Waals surface area contributed by atoms with Gasteiger partial charge in [-0.15, -0.1) is 0 Å². The van der Waals surface area contributed by atoms with Gasteiger partial charge in [0, 0.05) is 11.8 Å². The summed E-state index contributed by atoms with van der Waals surface area (Å²) in [5, 5.41) is 2.67. The number of nitrogens with zero attached hydrogens (tertiary/aromatic N) is 1. The van der Waals surface area contributed by atoms with Gasteiger partial charge >= 0.3 is 0 Å². The number of ether oxygens (including phenoxy) is 1. The highest BCUT2D eigenvalue weighted by Gasteiger charge is 2.17. The van der Waals surface area contributed by atoms with E-state index in [4.69, 9.17) is 20.8 Å². The van der Waals surface area contributed by atoms with Crippen LogP contribution in [0.3, 0.4) is 0 Å². The number of amides is 1. The fourth-order valence-corrected chi connectivity index (χ4v) is 3.10. The van der Waals surface area contributed by atoms with Crippen molar-refractivity contribution in [2.45, 2.75) is 0 Å². The summed E-state index contributed by atoms with van der Waals surface area (Å²) in [6.45, 7) is 0. The van der Waals surface area contributed by atoms with Crippen molar-refractivity contribution in [3.8, 4) is 17.2 Å². The highest BCUT2D eigenvalue weighted by atomic mass is 35.5. The Hall–Kier alpha value is -3.38. The van der Waals surface area contributed by atoms with Gasteiger partial charge in [-0.25, -0.2) is 9.37 Å². The van der Waals surface area contributed by atoms with E-state index in [1.807, 2.05) is 24.3 Å². The van der Waals surface area contributed by atoms with Crippen LogP contribution < -0.4 is 10.1 Å². The van der Waals surface area contributed by atoms with E-state index in [2.05, 4.69) is 10.3 Å². The van der Waals surface area contributed by atoms with E-state index in [0.717, 1.165) is 0 Å². The van der Waals surface area contributed by atoms with Crippen LogP contribution in [-0.4, -0.2) is 18.0 Å². The van der Waals surface area contributed by atoms with Crippen LogP contribution in [0.1, 0.15) is 10.4 Å². The Kier molecular flexibility index (Phi) is 4.71. The minimum Gasteiger partial charge on any atom is -0.496 e. The Morgan fingerprint density at radius 2 is 1.96 bits per heavy atom. The van der Waals surface area contributed by atoms with Crippen LogP contribution in [0.2, 0.25) is 5.02 Å². The number of nitrogens with one attached hydrogen (secondary N) is 1. The molecule has 0 aliphatic heterocycles. The van der Waals surface area contributed by atoms with Crippen LogP contribution in [0.4, 0.5) is 10.1 Å². The molecule has 28 heavy (non-hydrogen) atoms. The Balaban J connectivity index is 1.66. The number of hydrogen-bond acceptors (Lipinski definition) is 4. The fraction of sp³-hybridized carbons (Fsp3) is 0.0476.